The predicted octanol–water partition coefficient (Wildman–Crippen LogP) is 3.59. The van der Waals surface area contributed by atoms with E-state index in [1.165, 1.54) is 31.0 Å². The summed E-state index contributed by atoms with van der Waals surface area (Å²) in [6, 6.07) is 6.00. The van der Waals surface area contributed by atoms with Gasteiger partial charge in [0, 0.05) is 12.1 Å². The first kappa shape index (κ1) is 22.2. The first-order chi connectivity index (χ1) is 14.6. The Morgan fingerprint density at radius 1 is 0.933 bits per heavy atom. The van der Waals surface area contributed by atoms with E-state index in [9.17, 15) is 18.8 Å². The second-order valence-corrected chi connectivity index (χ2v) is 8.21. The second kappa shape index (κ2) is 11.1. The van der Waals surface area contributed by atoms with Gasteiger partial charge in [0.25, 0.3) is 11.8 Å². The molecular weight excluding hydrogens is 387 g/mol. The Bertz CT molecular complexity index is 724. The molecule has 0 bridgehead atoms. The summed E-state index contributed by atoms with van der Waals surface area (Å²) in [6.07, 6.45) is 11.0. The molecule has 6 nitrogen and oxygen atoms in total. The maximum atomic E-state index is 13.6. The summed E-state index contributed by atoms with van der Waals surface area (Å²) in [7, 11) is 0. The number of esters is 1. The van der Waals surface area contributed by atoms with Crippen molar-refractivity contribution in [2.75, 3.05) is 13.2 Å². The van der Waals surface area contributed by atoms with E-state index < -0.39 is 24.2 Å². The fourth-order valence-electron chi connectivity index (χ4n) is 4.58. The van der Waals surface area contributed by atoms with Crippen LogP contribution in [0.25, 0.3) is 0 Å². The number of nitrogens with one attached hydrogen (secondary N) is 1. The summed E-state index contributed by atoms with van der Waals surface area (Å²) in [6.45, 7) is -0.727. The molecule has 7 heteroatoms. The molecule has 30 heavy (non-hydrogen) atoms. The average Bonchev–Trinajstić information content (AvgIpc) is 2.78. The van der Waals surface area contributed by atoms with Crippen LogP contribution < -0.4 is 5.32 Å². The molecule has 2 aliphatic rings. The lowest BCUT2D eigenvalue weighted by Gasteiger charge is -2.41. The topological polar surface area (TPSA) is 75.7 Å². The number of hydrogen-bond acceptors (Lipinski definition) is 4. The molecule has 1 N–H and O–H groups in total. The molecule has 0 saturated heterocycles. The highest BCUT2D eigenvalue weighted by Gasteiger charge is 2.32. The highest BCUT2D eigenvalue weighted by molar-refractivity contribution is 5.96. The molecule has 2 amide bonds. The number of ether oxygens (including phenoxy) is 1. The molecule has 2 aliphatic carbocycles. The monoisotopic (exact) mass is 418 g/mol. The number of rotatable bonds is 7. The lowest BCUT2D eigenvalue weighted by molar-refractivity contribution is -0.154. The highest BCUT2D eigenvalue weighted by Crippen LogP contribution is 2.30. The van der Waals surface area contributed by atoms with Gasteiger partial charge in [-0.25, -0.2) is 4.39 Å². The third-order valence-corrected chi connectivity index (χ3v) is 6.09. The van der Waals surface area contributed by atoms with Crippen molar-refractivity contribution in [1.82, 2.24) is 10.2 Å². The third kappa shape index (κ3) is 6.03. The molecule has 0 aromatic heterocycles. The number of amides is 2. The number of hydrogen-bond donors (Lipinski definition) is 1. The van der Waals surface area contributed by atoms with Gasteiger partial charge in [0.15, 0.2) is 6.61 Å². The highest BCUT2D eigenvalue weighted by atomic mass is 19.1. The first-order valence-corrected chi connectivity index (χ1v) is 11.1. The van der Waals surface area contributed by atoms with E-state index in [0.717, 1.165) is 51.4 Å². The minimum Gasteiger partial charge on any atom is -0.454 e. The molecule has 2 saturated carbocycles. The minimum absolute atomic E-state index is 0.137. The summed E-state index contributed by atoms with van der Waals surface area (Å²) in [5.74, 6) is -2.21. The van der Waals surface area contributed by atoms with Crippen molar-refractivity contribution in [2.45, 2.75) is 76.3 Å². The molecule has 0 atom stereocenters. The first-order valence-electron chi connectivity index (χ1n) is 11.1. The van der Waals surface area contributed by atoms with Gasteiger partial charge in [-0.1, -0.05) is 50.7 Å². The quantitative estimate of drug-likeness (QED) is 0.687. The molecule has 3 rings (SSSR count). The molecule has 164 valence electrons. The SMILES string of the molecule is O=C(CNC(=O)c1ccccc1F)OCC(=O)N(C1CCCCC1)C1CCCCC1. The zero-order valence-electron chi connectivity index (χ0n) is 17.4. The van der Waals surface area contributed by atoms with Crippen molar-refractivity contribution in [3.05, 3.63) is 35.6 Å². The maximum absolute atomic E-state index is 13.6. The van der Waals surface area contributed by atoms with Crippen LogP contribution in [0.5, 0.6) is 0 Å². The Balaban J connectivity index is 1.50. The zero-order chi connectivity index (χ0) is 21.3. The molecule has 0 radical (unpaired) electrons. The summed E-state index contributed by atoms with van der Waals surface area (Å²) in [4.78, 5) is 39.0. The van der Waals surface area contributed by atoms with Gasteiger partial charge in [0.05, 0.1) is 5.56 Å². The maximum Gasteiger partial charge on any atom is 0.325 e. The molecule has 0 spiro atoms. The van der Waals surface area contributed by atoms with Gasteiger partial charge in [-0.2, -0.15) is 0 Å². The normalized spacial score (nSPS) is 17.9. The largest absolute Gasteiger partial charge is 0.454 e. The molecule has 1 aromatic rings. The van der Waals surface area contributed by atoms with Gasteiger partial charge in [-0.05, 0) is 37.8 Å². The molecule has 0 aliphatic heterocycles. The number of carbonyl (C=O) groups is 3. The minimum atomic E-state index is -0.708. The van der Waals surface area contributed by atoms with Crippen molar-refractivity contribution in [3.63, 3.8) is 0 Å². The summed E-state index contributed by atoms with van der Waals surface area (Å²) >= 11 is 0. The van der Waals surface area contributed by atoms with Crippen LogP contribution in [0.2, 0.25) is 0 Å². The van der Waals surface area contributed by atoms with E-state index in [4.69, 9.17) is 4.74 Å². The van der Waals surface area contributed by atoms with Crippen LogP contribution in [-0.2, 0) is 14.3 Å². The standard InChI is InChI=1S/C23H31FN2O4/c24-20-14-8-7-13-19(20)23(29)25-15-22(28)30-16-21(27)26(17-9-3-1-4-10-17)18-11-5-2-6-12-18/h7-8,13-14,17-18H,1-6,9-12,15-16H2,(H,25,29). The fraction of sp³-hybridized carbons (Fsp3) is 0.609. The average molecular weight is 419 g/mol. The van der Waals surface area contributed by atoms with Crippen LogP contribution in [0.4, 0.5) is 4.39 Å². The van der Waals surface area contributed by atoms with Crippen molar-refractivity contribution in [2.24, 2.45) is 0 Å². The summed E-state index contributed by atoms with van der Waals surface area (Å²) < 4.78 is 18.8. The molecular formula is C23H31FN2O4. The number of nitrogens with zero attached hydrogens (tertiary/aromatic N) is 1. The van der Waals surface area contributed by atoms with Crippen LogP contribution in [-0.4, -0.2) is 47.9 Å². The van der Waals surface area contributed by atoms with Crippen LogP contribution in [0.3, 0.4) is 0 Å². The van der Waals surface area contributed by atoms with Crippen LogP contribution in [0.1, 0.15) is 74.6 Å². The number of benzene rings is 1. The van der Waals surface area contributed by atoms with Crippen molar-refractivity contribution in [1.29, 1.82) is 0 Å². The zero-order valence-corrected chi connectivity index (χ0v) is 17.4. The molecule has 0 heterocycles. The lowest BCUT2D eigenvalue weighted by Crippen LogP contribution is -2.50. The van der Waals surface area contributed by atoms with Crippen LogP contribution in [0, 0.1) is 5.82 Å². The van der Waals surface area contributed by atoms with Crippen molar-refractivity contribution in [3.8, 4) is 0 Å². The Morgan fingerprint density at radius 3 is 2.07 bits per heavy atom. The van der Waals surface area contributed by atoms with Gasteiger partial charge in [0.2, 0.25) is 0 Å². The van der Waals surface area contributed by atoms with Crippen molar-refractivity contribution >= 4 is 17.8 Å². The predicted molar refractivity (Wildman–Crippen MR) is 110 cm³/mol. The van der Waals surface area contributed by atoms with E-state index >= 15 is 0 Å². The smallest absolute Gasteiger partial charge is 0.325 e. The van der Waals surface area contributed by atoms with E-state index in [0.29, 0.717) is 0 Å². The molecule has 2 fully saturated rings. The van der Waals surface area contributed by atoms with Crippen LogP contribution in [0.15, 0.2) is 24.3 Å². The Morgan fingerprint density at radius 2 is 1.50 bits per heavy atom. The molecule has 1 aromatic carbocycles. The van der Waals surface area contributed by atoms with Gasteiger partial charge in [-0.3, -0.25) is 14.4 Å². The van der Waals surface area contributed by atoms with Gasteiger partial charge in [0.1, 0.15) is 12.4 Å². The Hall–Kier alpha value is -2.44. The van der Waals surface area contributed by atoms with Crippen LogP contribution >= 0.6 is 0 Å². The fourth-order valence-corrected chi connectivity index (χ4v) is 4.58. The van der Waals surface area contributed by atoms with Crippen molar-refractivity contribution < 1.29 is 23.5 Å². The number of carbonyl (C=O) groups excluding carboxylic acids is 3. The van der Waals surface area contributed by atoms with E-state index in [1.54, 1.807) is 6.07 Å². The summed E-state index contributed by atoms with van der Waals surface area (Å²) in [5, 5.41) is 2.34. The van der Waals surface area contributed by atoms with E-state index in [2.05, 4.69) is 5.32 Å². The van der Waals surface area contributed by atoms with Gasteiger partial charge >= 0.3 is 5.97 Å². The molecule has 0 unspecified atom stereocenters. The van der Waals surface area contributed by atoms with E-state index in [-0.39, 0.29) is 30.2 Å². The van der Waals surface area contributed by atoms with E-state index in [1.807, 2.05) is 4.90 Å². The number of halogens is 1. The second-order valence-electron chi connectivity index (χ2n) is 8.21. The Kier molecular flexibility index (Phi) is 8.22. The lowest BCUT2D eigenvalue weighted by atomic mass is 9.88. The Labute approximate surface area is 177 Å². The third-order valence-electron chi connectivity index (χ3n) is 6.09. The van der Waals surface area contributed by atoms with Gasteiger partial charge in [-0.15, -0.1) is 0 Å². The summed E-state index contributed by atoms with van der Waals surface area (Å²) in [5.41, 5.74) is -0.137. The van der Waals surface area contributed by atoms with Gasteiger partial charge < -0.3 is 15.0 Å².